The minimum absolute atomic E-state index is 0. The number of rotatable bonds is 7. The molecule has 0 aliphatic carbocycles. The average Bonchev–Trinajstić information content (AvgIpc) is 2.19. The second-order valence-corrected chi connectivity index (χ2v) is 6.59. The topological polar surface area (TPSA) is 74.2 Å². The van der Waals surface area contributed by atoms with Crippen molar-refractivity contribution in [3.05, 3.63) is 0 Å². The van der Waals surface area contributed by atoms with Crippen molar-refractivity contribution in [1.29, 1.82) is 0 Å². The summed E-state index contributed by atoms with van der Waals surface area (Å²) in [4.78, 5) is 31.5. The molecule has 0 fully saturated rings. The van der Waals surface area contributed by atoms with Crippen LogP contribution in [0.1, 0.15) is 64.2 Å². The molecule has 0 aromatic rings. The first-order valence-electron chi connectivity index (χ1n) is 6.28. The molecule has 0 amide bonds. The molecule has 0 saturated carbocycles. The summed E-state index contributed by atoms with van der Waals surface area (Å²) >= 11 is 0. The average molecular weight is 418 g/mol. The monoisotopic (exact) mass is 418 g/mol. The van der Waals surface area contributed by atoms with E-state index in [9.17, 15) is 4.79 Å². The van der Waals surface area contributed by atoms with Gasteiger partial charge in [0.1, 0.15) is 0 Å². The zero-order valence-corrected chi connectivity index (χ0v) is 18.1. The molecular formula is C13H28BaO6. The van der Waals surface area contributed by atoms with E-state index < -0.39 is 23.0 Å². The van der Waals surface area contributed by atoms with Crippen molar-refractivity contribution in [2.24, 2.45) is 0 Å². The van der Waals surface area contributed by atoms with Crippen LogP contribution in [-0.4, -0.2) is 76.9 Å². The first kappa shape index (κ1) is 23.2. The number of carbonyl (C=O) groups is 1. The van der Waals surface area contributed by atoms with Gasteiger partial charge in [0.15, 0.2) is 0 Å². The van der Waals surface area contributed by atoms with Gasteiger partial charge in [-0.25, -0.2) is 9.78 Å². The molecule has 0 heterocycles. The van der Waals surface area contributed by atoms with Crippen LogP contribution in [0.5, 0.6) is 0 Å². The second-order valence-electron chi connectivity index (χ2n) is 6.59. The molecular weight excluding hydrogens is 389 g/mol. The van der Waals surface area contributed by atoms with Crippen molar-refractivity contribution in [2.75, 3.05) is 0 Å². The van der Waals surface area contributed by atoms with E-state index in [1.165, 1.54) is 0 Å². The van der Waals surface area contributed by atoms with Crippen LogP contribution in [0.15, 0.2) is 0 Å². The largest absolute Gasteiger partial charge is 2.00 e. The Morgan fingerprint density at radius 3 is 1.50 bits per heavy atom. The van der Waals surface area contributed by atoms with E-state index in [4.69, 9.17) is 24.7 Å². The quantitative estimate of drug-likeness (QED) is 0.297. The minimum atomic E-state index is -1.28. The number of hydrogen-bond donors (Lipinski definition) is 1. The summed E-state index contributed by atoms with van der Waals surface area (Å²) in [5, 5.41) is 8.74. The first-order chi connectivity index (χ1) is 8.33. The fourth-order valence-electron chi connectivity index (χ4n) is 0.857. The van der Waals surface area contributed by atoms with Gasteiger partial charge in [0.05, 0.1) is 17.6 Å². The summed E-state index contributed by atoms with van der Waals surface area (Å²) in [6, 6.07) is 0. The van der Waals surface area contributed by atoms with Gasteiger partial charge in [-0.05, 0) is 48.5 Å². The van der Waals surface area contributed by atoms with Gasteiger partial charge in [-0.2, -0.15) is 9.78 Å². The van der Waals surface area contributed by atoms with Crippen LogP contribution in [-0.2, 0) is 24.3 Å². The zero-order chi connectivity index (χ0) is 15.3. The van der Waals surface area contributed by atoms with Gasteiger partial charge in [0.25, 0.3) is 0 Å². The Kier molecular flexibility index (Phi) is 10.6. The van der Waals surface area contributed by atoms with Gasteiger partial charge in [-0.3, -0.25) is 4.79 Å². The molecule has 0 aliphatic heterocycles. The molecule has 0 radical (unpaired) electrons. The SMILES string of the molecule is CC(C)(C)OOC(C)(CCC(=O)O)OOC(C)(C)C.[Ba+2].[H-].[H-]. The smallest absolute Gasteiger partial charge is 1.00 e. The number of aliphatic carboxylic acids is 1. The van der Waals surface area contributed by atoms with Crippen LogP contribution >= 0.6 is 0 Å². The van der Waals surface area contributed by atoms with Gasteiger partial charge < -0.3 is 7.96 Å². The third kappa shape index (κ3) is 13.8. The zero-order valence-electron chi connectivity index (χ0n) is 15.6. The van der Waals surface area contributed by atoms with E-state index in [0.29, 0.717) is 0 Å². The molecule has 0 aliphatic rings. The Labute approximate surface area is 164 Å². The fraction of sp³-hybridized carbons (Fsp3) is 0.923. The third-order valence-electron chi connectivity index (χ3n) is 1.73. The van der Waals surface area contributed by atoms with Crippen molar-refractivity contribution in [2.45, 2.75) is 78.3 Å². The van der Waals surface area contributed by atoms with Crippen molar-refractivity contribution < 1.29 is 32.3 Å². The van der Waals surface area contributed by atoms with Crippen LogP contribution in [0.3, 0.4) is 0 Å². The van der Waals surface area contributed by atoms with Crippen LogP contribution in [0.25, 0.3) is 0 Å². The van der Waals surface area contributed by atoms with Crippen molar-refractivity contribution in [1.82, 2.24) is 0 Å². The summed E-state index contributed by atoms with van der Waals surface area (Å²) < 4.78 is 0. The molecule has 0 aromatic carbocycles. The maximum atomic E-state index is 10.7. The van der Waals surface area contributed by atoms with E-state index in [1.807, 2.05) is 41.5 Å². The van der Waals surface area contributed by atoms with Gasteiger partial charge in [-0.15, -0.1) is 0 Å². The molecule has 0 spiro atoms. The molecule has 0 atom stereocenters. The summed E-state index contributed by atoms with van der Waals surface area (Å²) in [5.74, 6) is -2.22. The van der Waals surface area contributed by atoms with E-state index in [0.717, 1.165) is 0 Å². The molecule has 0 rings (SSSR count). The summed E-state index contributed by atoms with van der Waals surface area (Å²) in [7, 11) is 0. The van der Waals surface area contributed by atoms with Gasteiger partial charge in [0.2, 0.25) is 5.79 Å². The van der Waals surface area contributed by atoms with Crippen molar-refractivity contribution in [3.8, 4) is 0 Å². The number of hydrogen-bond acceptors (Lipinski definition) is 5. The first-order valence-corrected chi connectivity index (χ1v) is 6.28. The van der Waals surface area contributed by atoms with E-state index in [2.05, 4.69) is 0 Å². The molecule has 1 N–H and O–H groups in total. The Hall–Kier alpha value is 0.881. The molecule has 0 unspecified atom stereocenters. The molecule has 0 saturated heterocycles. The van der Waals surface area contributed by atoms with Gasteiger partial charge >= 0.3 is 54.9 Å². The number of carboxylic acid groups (broad SMARTS) is 1. The predicted molar refractivity (Wildman–Crippen MR) is 77.1 cm³/mol. The Bertz CT molecular complexity index is 284. The maximum absolute atomic E-state index is 10.7. The molecule has 0 aromatic heterocycles. The van der Waals surface area contributed by atoms with Gasteiger partial charge in [-0.1, -0.05) is 0 Å². The van der Waals surface area contributed by atoms with E-state index >= 15 is 0 Å². The van der Waals surface area contributed by atoms with E-state index in [1.54, 1.807) is 6.92 Å². The summed E-state index contributed by atoms with van der Waals surface area (Å²) in [6.45, 7) is 12.5. The molecule has 7 heteroatoms. The van der Waals surface area contributed by atoms with Crippen LogP contribution in [0, 0.1) is 0 Å². The Morgan fingerprint density at radius 1 is 0.900 bits per heavy atom. The van der Waals surface area contributed by atoms with Crippen molar-refractivity contribution >= 4 is 54.9 Å². The standard InChI is InChI=1S/C13H26O6.Ba.2H/c1-11(2,3)16-18-13(7,9-8-10(14)15)19-17-12(4,5)6;;;/h8-9H2,1-7H3,(H,14,15);;;/q;+2;2*-1. The van der Waals surface area contributed by atoms with Crippen molar-refractivity contribution in [3.63, 3.8) is 0 Å². The van der Waals surface area contributed by atoms with Crippen LogP contribution in [0.2, 0.25) is 0 Å². The predicted octanol–water partition coefficient (Wildman–Crippen LogP) is 2.91. The minimum Gasteiger partial charge on any atom is -1.00 e. The van der Waals surface area contributed by atoms with Gasteiger partial charge in [0, 0.05) is 6.42 Å². The third-order valence-corrected chi connectivity index (χ3v) is 1.73. The summed E-state index contributed by atoms with van der Waals surface area (Å²) in [6.07, 6.45) is -0.00794. The fourth-order valence-corrected chi connectivity index (χ4v) is 0.857. The molecule has 0 bridgehead atoms. The molecule has 118 valence electrons. The van der Waals surface area contributed by atoms with Crippen LogP contribution in [0.4, 0.5) is 0 Å². The number of carboxylic acids is 1. The maximum Gasteiger partial charge on any atom is 2.00 e. The molecule has 20 heavy (non-hydrogen) atoms. The Balaban J connectivity index is -0.000000540. The molecule has 6 nitrogen and oxygen atoms in total. The normalized spacial score (nSPS) is 12.9. The van der Waals surface area contributed by atoms with Crippen LogP contribution < -0.4 is 0 Å². The second kappa shape index (κ2) is 9.12. The summed E-state index contributed by atoms with van der Waals surface area (Å²) in [5.41, 5.74) is -1.06. The Morgan fingerprint density at radius 2 is 1.25 bits per heavy atom. The van der Waals surface area contributed by atoms with E-state index in [-0.39, 0.29) is 64.6 Å².